The number of aliphatic hydroxyl groups is 2. The second-order valence-electron chi connectivity index (χ2n) is 1.50. The van der Waals surface area contributed by atoms with E-state index in [1.54, 1.807) is 0 Å². The van der Waals surface area contributed by atoms with Crippen molar-refractivity contribution >= 4 is 0 Å². The molecule has 0 aliphatic carbocycles. The van der Waals surface area contributed by atoms with E-state index in [-0.39, 0.29) is 0 Å². The SMILES string of the molecule is OC1C[CH]OC1O. The van der Waals surface area contributed by atoms with Gasteiger partial charge in [-0.2, -0.15) is 0 Å². The maximum absolute atomic E-state index is 8.59. The Morgan fingerprint density at radius 3 is 2.43 bits per heavy atom. The molecule has 0 spiro atoms. The maximum atomic E-state index is 8.59. The van der Waals surface area contributed by atoms with Gasteiger partial charge in [-0.05, 0) is 0 Å². The molecule has 1 rings (SSSR count). The summed E-state index contributed by atoms with van der Waals surface area (Å²) in [7, 11) is 0. The minimum atomic E-state index is -0.986. The van der Waals surface area contributed by atoms with E-state index in [0.29, 0.717) is 6.42 Å². The van der Waals surface area contributed by atoms with Crippen LogP contribution >= 0.6 is 0 Å². The number of aliphatic hydroxyl groups excluding tert-OH is 2. The number of ether oxygens (including phenoxy) is 1. The normalized spacial score (nSPS) is 42.0. The van der Waals surface area contributed by atoms with Gasteiger partial charge in [-0.15, -0.1) is 0 Å². The van der Waals surface area contributed by atoms with Crippen molar-refractivity contribution in [3.8, 4) is 0 Å². The molecule has 0 aromatic carbocycles. The highest BCUT2D eigenvalue weighted by molar-refractivity contribution is 4.72. The van der Waals surface area contributed by atoms with Crippen molar-refractivity contribution in [2.75, 3.05) is 0 Å². The molecule has 41 valence electrons. The largest absolute Gasteiger partial charge is 0.388 e. The lowest BCUT2D eigenvalue weighted by molar-refractivity contribution is -0.0960. The van der Waals surface area contributed by atoms with Crippen LogP contribution in [0, 0.1) is 6.61 Å². The molecule has 2 N–H and O–H groups in total. The standard InChI is InChI=1S/C4H7O3/c5-3-1-2-7-4(3)6/h2-6H,1H2. The van der Waals surface area contributed by atoms with Gasteiger partial charge in [-0.25, -0.2) is 0 Å². The van der Waals surface area contributed by atoms with Crippen molar-refractivity contribution in [2.45, 2.75) is 18.8 Å². The lowest BCUT2D eigenvalue weighted by Crippen LogP contribution is -2.18. The predicted molar refractivity (Wildman–Crippen MR) is 22.0 cm³/mol. The molecule has 0 aromatic heterocycles. The van der Waals surface area contributed by atoms with Gasteiger partial charge in [0.15, 0.2) is 6.29 Å². The summed E-state index contributed by atoms with van der Waals surface area (Å²) in [6.45, 7) is 1.40. The smallest absolute Gasteiger partial charge is 0.181 e. The van der Waals surface area contributed by atoms with Gasteiger partial charge in [-0.1, -0.05) is 0 Å². The van der Waals surface area contributed by atoms with Crippen LogP contribution in [0.4, 0.5) is 0 Å². The van der Waals surface area contributed by atoms with Gasteiger partial charge in [0.05, 0.1) is 6.61 Å². The molecular formula is C4H7O3. The van der Waals surface area contributed by atoms with Crippen LogP contribution in [0.25, 0.3) is 0 Å². The summed E-state index contributed by atoms with van der Waals surface area (Å²) in [6, 6.07) is 0. The molecule has 2 atom stereocenters. The fraction of sp³-hybridized carbons (Fsp3) is 0.750. The van der Waals surface area contributed by atoms with Gasteiger partial charge >= 0.3 is 0 Å². The van der Waals surface area contributed by atoms with Crippen LogP contribution in [-0.4, -0.2) is 22.6 Å². The second kappa shape index (κ2) is 1.78. The van der Waals surface area contributed by atoms with Crippen molar-refractivity contribution in [3.05, 3.63) is 6.61 Å². The first-order chi connectivity index (χ1) is 3.30. The molecule has 0 bridgehead atoms. The summed E-state index contributed by atoms with van der Waals surface area (Å²) in [4.78, 5) is 0. The van der Waals surface area contributed by atoms with Crippen molar-refractivity contribution in [1.29, 1.82) is 0 Å². The van der Waals surface area contributed by atoms with Crippen molar-refractivity contribution in [2.24, 2.45) is 0 Å². The molecule has 1 aliphatic heterocycles. The Hall–Kier alpha value is -0.120. The van der Waals surface area contributed by atoms with E-state index in [4.69, 9.17) is 10.2 Å². The highest BCUT2D eigenvalue weighted by atomic mass is 16.6. The first-order valence-corrected chi connectivity index (χ1v) is 2.14. The molecule has 1 aliphatic rings. The average molecular weight is 103 g/mol. The monoisotopic (exact) mass is 103 g/mol. The number of hydrogen-bond donors (Lipinski definition) is 2. The van der Waals surface area contributed by atoms with Gasteiger partial charge in [0.1, 0.15) is 6.10 Å². The Balaban J connectivity index is 2.33. The van der Waals surface area contributed by atoms with Crippen LogP contribution in [0.2, 0.25) is 0 Å². The molecule has 1 radical (unpaired) electrons. The third-order valence-corrected chi connectivity index (χ3v) is 0.903. The Kier molecular flexibility index (Phi) is 1.27. The molecule has 0 aromatic rings. The first-order valence-electron chi connectivity index (χ1n) is 2.14. The molecule has 0 amide bonds. The number of rotatable bonds is 0. The highest BCUT2D eigenvalue weighted by Gasteiger charge is 2.23. The van der Waals surface area contributed by atoms with Crippen molar-refractivity contribution in [3.63, 3.8) is 0 Å². The average Bonchev–Trinajstić information content (AvgIpc) is 1.91. The quantitative estimate of drug-likeness (QED) is 0.424. The Morgan fingerprint density at radius 1 is 1.57 bits per heavy atom. The fourth-order valence-corrected chi connectivity index (χ4v) is 0.460. The van der Waals surface area contributed by atoms with E-state index in [9.17, 15) is 0 Å². The van der Waals surface area contributed by atoms with E-state index in [1.165, 1.54) is 6.61 Å². The molecule has 2 unspecified atom stereocenters. The van der Waals surface area contributed by atoms with Gasteiger partial charge < -0.3 is 14.9 Å². The summed E-state index contributed by atoms with van der Waals surface area (Å²) in [5, 5.41) is 17.1. The van der Waals surface area contributed by atoms with E-state index in [2.05, 4.69) is 4.74 Å². The maximum Gasteiger partial charge on any atom is 0.181 e. The Morgan fingerprint density at radius 2 is 2.29 bits per heavy atom. The zero-order valence-electron chi connectivity index (χ0n) is 3.74. The van der Waals surface area contributed by atoms with Crippen LogP contribution in [-0.2, 0) is 4.74 Å². The summed E-state index contributed by atoms with van der Waals surface area (Å²) < 4.78 is 4.45. The van der Waals surface area contributed by atoms with Gasteiger partial charge in [0.2, 0.25) is 0 Å². The second-order valence-corrected chi connectivity index (χ2v) is 1.50. The van der Waals surface area contributed by atoms with E-state index in [1.807, 2.05) is 0 Å². The van der Waals surface area contributed by atoms with Crippen LogP contribution < -0.4 is 0 Å². The van der Waals surface area contributed by atoms with Gasteiger partial charge in [0, 0.05) is 6.42 Å². The summed E-state index contributed by atoms with van der Waals surface area (Å²) in [5.74, 6) is 0. The number of hydrogen-bond acceptors (Lipinski definition) is 3. The molecule has 3 heteroatoms. The minimum Gasteiger partial charge on any atom is -0.388 e. The zero-order chi connectivity index (χ0) is 5.28. The minimum absolute atomic E-state index is 0.432. The van der Waals surface area contributed by atoms with Crippen LogP contribution in [0.1, 0.15) is 6.42 Å². The van der Waals surface area contributed by atoms with Crippen LogP contribution in [0.5, 0.6) is 0 Å². The highest BCUT2D eigenvalue weighted by Crippen LogP contribution is 2.12. The molecular weight excluding hydrogens is 96.0 g/mol. The lowest BCUT2D eigenvalue weighted by atomic mass is 10.3. The van der Waals surface area contributed by atoms with Gasteiger partial charge in [0.25, 0.3) is 0 Å². The van der Waals surface area contributed by atoms with Crippen molar-refractivity contribution in [1.82, 2.24) is 0 Å². The van der Waals surface area contributed by atoms with Crippen LogP contribution in [0.15, 0.2) is 0 Å². The topological polar surface area (TPSA) is 49.7 Å². The fourth-order valence-electron chi connectivity index (χ4n) is 0.460. The third-order valence-electron chi connectivity index (χ3n) is 0.903. The first kappa shape index (κ1) is 5.03. The molecule has 1 heterocycles. The van der Waals surface area contributed by atoms with Crippen molar-refractivity contribution < 1.29 is 14.9 Å². The van der Waals surface area contributed by atoms with E-state index in [0.717, 1.165) is 0 Å². The predicted octanol–water partition coefficient (Wildman–Crippen LogP) is -0.752. The molecule has 3 nitrogen and oxygen atoms in total. The molecule has 0 saturated carbocycles. The summed E-state index contributed by atoms with van der Waals surface area (Å²) in [5.41, 5.74) is 0. The molecule has 1 fully saturated rings. The van der Waals surface area contributed by atoms with Gasteiger partial charge in [-0.3, -0.25) is 0 Å². The third kappa shape index (κ3) is 0.907. The van der Waals surface area contributed by atoms with E-state index < -0.39 is 12.4 Å². The lowest BCUT2D eigenvalue weighted by Gasteiger charge is -2.02. The summed E-state index contributed by atoms with van der Waals surface area (Å²) in [6.07, 6.45) is -1.26. The Labute approximate surface area is 41.5 Å². The summed E-state index contributed by atoms with van der Waals surface area (Å²) >= 11 is 0. The zero-order valence-corrected chi connectivity index (χ0v) is 3.74. The Bertz CT molecular complexity index is 56.0. The van der Waals surface area contributed by atoms with Crippen LogP contribution in [0.3, 0.4) is 0 Å². The van der Waals surface area contributed by atoms with E-state index >= 15 is 0 Å². The molecule has 1 saturated heterocycles. The molecule has 7 heavy (non-hydrogen) atoms.